The number of aromatic amines is 1. The molecule has 0 saturated carbocycles. The summed E-state index contributed by atoms with van der Waals surface area (Å²) in [5.41, 5.74) is 5.82. The van der Waals surface area contributed by atoms with Gasteiger partial charge in [-0.3, -0.25) is 0 Å². The van der Waals surface area contributed by atoms with Gasteiger partial charge in [0.15, 0.2) is 0 Å². The maximum Gasteiger partial charge on any atom is 0.137 e. The zero-order chi connectivity index (χ0) is 17.2. The summed E-state index contributed by atoms with van der Waals surface area (Å²) in [5, 5.41) is 1.13. The number of nitrogens with zero attached hydrogens (tertiary/aromatic N) is 1. The molecule has 0 aliphatic heterocycles. The van der Waals surface area contributed by atoms with Crippen LogP contribution in [0, 0.1) is 0 Å². The highest BCUT2D eigenvalue weighted by atomic mass is 16.5. The van der Waals surface area contributed by atoms with Crippen LogP contribution in [0.4, 0.5) is 0 Å². The molecule has 124 valence electrons. The Morgan fingerprint density at radius 2 is 1.56 bits per heavy atom. The third-order valence-corrected chi connectivity index (χ3v) is 4.76. The van der Waals surface area contributed by atoms with Crippen LogP contribution in [-0.2, 0) is 0 Å². The van der Waals surface area contributed by atoms with E-state index in [0.29, 0.717) is 5.92 Å². The number of hydrogen-bond donors (Lipinski definition) is 1. The van der Waals surface area contributed by atoms with Crippen LogP contribution in [0.1, 0.15) is 24.0 Å². The van der Waals surface area contributed by atoms with E-state index < -0.39 is 0 Å². The van der Waals surface area contributed by atoms with Gasteiger partial charge in [-0.25, -0.2) is 4.98 Å². The maximum absolute atomic E-state index is 5.24. The molecule has 0 saturated heterocycles. The number of nitrogens with one attached hydrogen (secondary N) is 1. The van der Waals surface area contributed by atoms with E-state index in [1.807, 2.05) is 30.6 Å². The third-order valence-electron chi connectivity index (χ3n) is 4.76. The summed E-state index contributed by atoms with van der Waals surface area (Å²) in [6.07, 6.45) is 3.84. The number of methoxy groups -OCH3 is 1. The maximum atomic E-state index is 5.24. The largest absolute Gasteiger partial charge is 0.497 e. The molecule has 0 radical (unpaired) electrons. The summed E-state index contributed by atoms with van der Waals surface area (Å²) in [6.45, 7) is 2.23. The van der Waals surface area contributed by atoms with Crippen LogP contribution < -0.4 is 4.74 Å². The van der Waals surface area contributed by atoms with Crippen LogP contribution in [0.3, 0.4) is 0 Å². The van der Waals surface area contributed by atoms with E-state index in [1.54, 1.807) is 7.11 Å². The monoisotopic (exact) mass is 328 g/mol. The minimum Gasteiger partial charge on any atom is -0.497 e. The second-order valence-electron chi connectivity index (χ2n) is 6.26. The Bertz CT molecular complexity index is 985. The molecule has 0 spiro atoms. The molecule has 2 heterocycles. The second kappa shape index (κ2) is 6.44. The molecular weight excluding hydrogens is 308 g/mol. The molecule has 4 rings (SSSR count). The molecule has 0 aliphatic carbocycles. The van der Waals surface area contributed by atoms with Gasteiger partial charge in [-0.05, 0) is 41.0 Å². The van der Waals surface area contributed by atoms with Crippen LogP contribution >= 0.6 is 0 Å². The van der Waals surface area contributed by atoms with Gasteiger partial charge in [-0.1, -0.05) is 43.3 Å². The molecule has 4 aromatic rings. The van der Waals surface area contributed by atoms with Crippen molar-refractivity contribution in [1.29, 1.82) is 0 Å². The van der Waals surface area contributed by atoms with Crippen molar-refractivity contribution in [2.45, 2.75) is 12.8 Å². The predicted molar refractivity (Wildman–Crippen MR) is 102 cm³/mol. The van der Waals surface area contributed by atoms with Crippen molar-refractivity contribution < 1.29 is 4.74 Å². The van der Waals surface area contributed by atoms with E-state index in [-0.39, 0.29) is 0 Å². The molecule has 1 unspecified atom stereocenters. The number of fused-ring (bicyclic) bond motifs is 1. The molecule has 1 atom stereocenters. The molecule has 3 heteroatoms. The van der Waals surface area contributed by atoms with E-state index in [2.05, 4.69) is 59.4 Å². The minimum absolute atomic E-state index is 0.338. The lowest BCUT2D eigenvalue weighted by atomic mass is 9.92. The second-order valence-corrected chi connectivity index (χ2v) is 6.26. The Morgan fingerprint density at radius 3 is 2.24 bits per heavy atom. The minimum atomic E-state index is 0.338. The Hall–Kier alpha value is -3.07. The number of benzene rings is 2. The lowest BCUT2D eigenvalue weighted by Gasteiger charge is -2.14. The Labute approximate surface area is 147 Å². The molecule has 0 fully saturated rings. The Morgan fingerprint density at radius 1 is 0.880 bits per heavy atom. The zero-order valence-electron chi connectivity index (χ0n) is 14.4. The molecule has 0 bridgehead atoms. The van der Waals surface area contributed by atoms with E-state index in [1.165, 1.54) is 16.7 Å². The van der Waals surface area contributed by atoms with Crippen LogP contribution in [-0.4, -0.2) is 17.1 Å². The van der Waals surface area contributed by atoms with Crippen LogP contribution in [0.2, 0.25) is 0 Å². The normalized spacial score (nSPS) is 12.2. The van der Waals surface area contributed by atoms with Crippen molar-refractivity contribution in [2.24, 2.45) is 0 Å². The number of hydrogen-bond acceptors (Lipinski definition) is 2. The molecule has 0 amide bonds. The van der Waals surface area contributed by atoms with Gasteiger partial charge < -0.3 is 9.72 Å². The van der Waals surface area contributed by atoms with Gasteiger partial charge in [0.05, 0.1) is 7.11 Å². The predicted octanol–water partition coefficient (Wildman–Crippen LogP) is 5.39. The fourth-order valence-electron chi connectivity index (χ4n) is 3.15. The average molecular weight is 328 g/mol. The van der Waals surface area contributed by atoms with E-state index >= 15 is 0 Å². The molecule has 2 aromatic heterocycles. The first kappa shape index (κ1) is 15.5. The molecule has 1 N–H and O–H groups in total. The number of H-pyrrole nitrogens is 1. The lowest BCUT2D eigenvalue weighted by Crippen LogP contribution is -1.96. The van der Waals surface area contributed by atoms with Crippen molar-refractivity contribution in [3.8, 4) is 16.9 Å². The summed E-state index contributed by atoms with van der Waals surface area (Å²) in [7, 11) is 1.69. The van der Waals surface area contributed by atoms with Crippen molar-refractivity contribution in [2.75, 3.05) is 7.11 Å². The standard InChI is InChI=1S/C22H20N2O/c1-15(17-7-9-21(25-2)10-8-17)16-3-5-18(6-4-16)20-13-19-11-12-23-22(19)24-14-20/h3-15H,1-2H3,(H,23,24). The molecule has 2 aromatic carbocycles. The lowest BCUT2D eigenvalue weighted by molar-refractivity contribution is 0.414. The molecule has 25 heavy (non-hydrogen) atoms. The van der Waals surface area contributed by atoms with Crippen molar-refractivity contribution >= 4 is 11.0 Å². The fourth-order valence-corrected chi connectivity index (χ4v) is 3.15. The SMILES string of the molecule is COc1ccc(C(C)c2ccc(-c3cnc4[nH]ccc4c3)cc2)cc1. The van der Waals surface area contributed by atoms with Gasteiger partial charge >= 0.3 is 0 Å². The Balaban J connectivity index is 1.60. The third kappa shape index (κ3) is 3.01. The number of ether oxygens (including phenoxy) is 1. The average Bonchev–Trinajstić information content (AvgIpc) is 3.15. The number of rotatable bonds is 4. The molecule has 0 aliphatic rings. The summed E-state index contributed by atoms with van der Waals surface area (Å²) in [4.78, 5) is 7.60. The fraction of sp³-hybridized carbons (Fsp3) is 0.136. The molecular formula is C22H20N2O. The van der Waals surface area contributed by atoms with Gasteiger partial charge in [0.2, 0.25) is 0 Å². The quantitative estimate of drug-likeness (QED) is 0.545. The van der Waals surface area contributed by atoms with Crippen LogP contribution in [0.25, 0.3) is 22.2 Å². The van der Waals surface area contributed by atoms with Gasteiger partial charge in [-0.2, -0.15) is 0 Å². The van der Waals surface area contributed by atoms with Gasteiger partial charge in [-0.15, -0.1) is 0 Å². The molecule has 3 nitrogen and oxygen atoms in total. The van der Waals surface area contributed by atoms with E-state index in [9.17, 15) is 0 Å². The smallest absolute Gasteiger partial charge is 0.137 e. The first-order chi connectivity index (χ1) is 12.2. The first-order valence-electron chi connectivity index (χ1n) is 8.42. The topological polar surface area (TPSA) is 37.9 Å². The Kier molecular flexibility index (Phi) is 3.98. The van der Waals surface area contributed by atoms with Gasteiger partial charge in [0.1, 0.15) is 11.4 Å². The van der Waals surface area contributed by atoms with Crippen molar-refractivity contribution in [3.05, 3.63) is 84.2 Å². The zero-order valence-corrected chi connectivity index (χ0v) is 14.4. The van der Waals surface area contributed by atoms with Gasteiger partial charge in [0, 0.05) is 29.3 Å². The van der Waals surface area contributed by atoms with Crippen molar-refractivity contribution in [3.63, 3.8) is 0 Å². The van der Waals surface area contributed by atoms with E-state index in [4.69, 9.17) is 4.74 Å². The van der Waals surface area contributed by atoms with E-state index in [0.717, 1.165) is 22.3 Å². The number of pyridine rings is 1. The highest BCUT2D eigenvalue weighted by Gasteiger charge is 2.09. The van der Waals surface area contributed by atoms with Crippen molar-refractivity contribution in [1.82, 2.24) is 9.97 Å². The highest BCUT2D eigenvalue weighted by molar-refractivity contribution is 5.81. The summed E-state index contributed by atoms with van der Waals surface area (Å²) in [6, 6.07) is 21.2. The first-order valence-corrected chi connectivity index (χ1v) is 8.42. The highest BCUT2D eigenvalue weighted by Crippen LogP contribution is 2.28. The summed E-state index contributed by atoms with van der Waals surface area (Å²) < 4.78 is 5.24. The van der Waals surface area contributed by atoms with Crippen LogP contribution in [0.15, 0.2) is 73.1 Å². The van der Waals surface area contributed by atoms with Crippen LogP contribution in [0.5, 0.6) is 5.75 Å². The number of aromatic nitrogens is 2. The summed E-state index contributed by atoms with van der Waals surface area (Å²) in [5.74, 6) is 1.23. The van der Waals surface area contributed by atoms with Gasteiger partial charge in [0.25, 0.3) is 0 Å². The summed E-state index contributed by atoms with van der Waals surface area (Å²) >= 11 is 0.